The largest absolute Gasteiger partial charge is 0.461 e. The molecule has 10 heteroatoms. The highest BCUT2D eigenvalue weighted by Crippen LogP contribution is 2.21. The summed E-state index contributed by atoms with van der Waals surface area (Å²) in [7, 11) is 0. The van der Waals surface area contributed by atoms with Gasteiger partial charge in [-0.1, -0.05) is 17.3 Å². The molecule has 0 fully saturated rings. The second kappa shape index (κ2) is 7.99. The van der Waals surface area contributed by atoms with E-state index in [1.807, 2.05) is 0 Å². The van der Waals surface area contributed by atoms with Crippen LogP contribution in [0.25, 0.3) is 11.5 Å². The lowest BCUT2D eigenvalue weighted by molar-refractivity contribution is -0.138. The van der Waals surface area contributed by atoms with Gasteiger partial charge in [0.2, 0.25) is 11.7 Å². The van der Waals surface area contributed by atoms with Crippen LogP contribution in [-0.4, -0.2) is 29.7 Å². The minimum Gasteiger partial charge on any atom is -0.461 e. The van der Waals surface area contributed by atoms with Crippen molar-refractivity contribution in [3.8, 4) is 11.5 Å². The van der Waals surface area contributed by atoms with E-state index in [-0.39, 0.29) is 12.1 Å². The van der Waals surface area contributed by atoms with Gasteiger partial charge in [-0.15, -0.1) is 0 Å². The number of alkyl halides is 3. The molecular formula is C18H14F3N3O4. The van der Waals surface area contributed by atoms with E-state index in [4.69, 9.17) is 8.94 Å². The predicted octanol–water partition coefficient (Wildman–Crippen LogP) is 3.41. The van der Waals surface area contributed by atoms with Crippen molar-refractivity contribution in [1.82, 2.24) is 10.5 Å². The fourth-order valence-corrected chi connectivity index (χ4v) is 2.26. The number of nitrogens with one attached hydrogen (secondary N) is 2. The van der Waals surface area contributed by atoms with Gasteiger partial charge < -0.3 is 19.6 Å². The Morgan fingerprint density at radius 2 is 1.82 bits per heavy atom. The van der Waals surface area contributed by atoms with Crippen molar-refractivity contribution in [2.45, 2.75) is 12.6 Å². The Bertz CT molecular complexity index is 947. The maximum Gasteiger partial charge on any atom is 0.405 e. The molecule has 7 nitrogen and oxygen atoms in total. The highest BCUT2D eigenvalue weighted by molar-refractivity contribution is 6.03. The first kappa shape index (κ1) is 19.2. The lowest BCUT2D eigenvalue weighted by Gasteiger charge is -2.09. The molecular weight excluding hydrogens is 379 g/mol. The molecule has 0 spiro atoms. The van der Waals surface area contributed by atoms with Gasteiger partial charge >= 0.3 is 6.18 Å². The summed E-state index contributed by atoms with van der Waals surface area (Å²) in [5.41, 5.74) is 0.966. The number of aromatic nitrogens is 1. The Kier molecular flexibility index (Phi) is 5.48. The van der Waals surface area contributed by atoms with Crippen LogP contribution in [0.2, 0.25) is 0 Å². The molecule has 0 aliphatic carbocycles. The van der Waals surface area contributed by atoms with E-state index < -0.39 is 24.5 Å². The van der Waals surface area contributed by atoms with Crippen molar-refractivity contribution in [1.29, 1.82) is 0 Å². The van der Waals surface area contributed by atoms with E-state index in [9.17, 15) is 22.8 Å². The van der Waals surface area contributed by atoms with Gasteiger partial charge in [0.25, 0.3) is 5.91 Å². The second-order valence-electron chi connectivity index (χ2n) is 5.77. The molecule has 2 N–H and O–H groups in total. The molecule has 3 rings (SSSR count). The predicted molar refractivity (Wildman–Crippen MR) is 91.4 cm³/mol. The highest BCUT2D eigenvalue weighted by Gasteiger charge is 2.27. The zero-order valence-electron chi connectivity index (χ0n) is 14.2. The Labute approximate surface area is 156 Å². The molecule has 2 aromatic heterocycles. The van der Waals surface area contributed by atoms with Crippen LogP contribution in [-0.2, 0) is 11.2 Å². The highest BCUT2D eigenvalue weighted by atomic mass is 19.4. The van der Waals surface area contributed by atoms with Crippen LogP contribution >= 0.6 is 0 Å². The van der Waals surface area contributed by atoms with Crippen LogP contribution < -0.4 is 10.6 Å². The molecule has 3 aromatic rings. The van der Waals surface area contributed by atoms with E-state index >= 15 is 0 Å². The Morgan fingerprint density at radius 1 is 1.07 bits per heavy atom. The summed E-state index contributed by atoms with van der Waals surface area (Å²) < 4.78 is 46.4. The summed E-state index contributed by atoms with van der Waals surface area (Å²) in [5.74, 6) is -0.533. The zero-order valence-corrected chi connectivity index (χ0v) is 14.2. The second-order valence-corrected chi connectivity index (χ2v) is 5.77. The summed E-state index contributed by atoms with van der Waals surface area (Å²) in [5, 5.41) is 8.07. The van der Waals surface area contributed by atoms with Crippen molar-refractivity contribution >= 4 is 17.5 Å². The third kappa shape index (κ3) is 5.22. The van der Waals surface area contributed by atoms with Gasteiger partial charge in [-0.2, -0.15) is 13.2 Å². The van der Waals surface area contributed by atoms with Crippen LogP contribution in [0.3, 0.4) is 0 Å². The molecule has 1 aromatic carbocycles. The molecule has 0 saturated carbocycles. The van der Waals surface area contributed by atoms with Crippen LogP contribution in [0.5, 0.6) is 0 Å². The van der Waals surface area contributed by atoms with Crippen molar-refractivity contribution in [2.75, 3.05) is 11.9 Å². The number of amides is 2. The fraction of sp³-hybridized carbons (Fsp3) is 0.167. The molecule has 0 aliphatic heterocycles. The molecule has 2 amide bonds. The minimum absolute atomic E-state index is 0.0435. The third-order valence-corrected chi connectivity index (χ3v) is 3.57. The maximum atomic E-state index is 12.2. The van der Waals surface area contributed by atoms with Crippen molar-refractivity contribution in [2.24, 2.45) is 0 Å². The number of carbonyl (C=O) groups is 2. The Balaban J connectivity index is 1.55. The molecule has 0 unspecified atom stereocenters. The van der Waals surface area contributed by atoms with Gasteiger partial charge in [-0.05, 0) is 29.8 Å². The molecule has 28 heavy (non-hydrogen) atoms. The molecule has 0 atom stereocenters. The number of carbonyl (C=O) groups excluding carboxylic acids is 2. The Morgan fingerprint density at radius 3 is 2.46 bits per heavy atom. The van der Waals surface area contributed by atoms with Gasteiger partial charge in [0.1, 0.15) is 6.54 Å². The molecule has 0 bridgehead atoms. The van der Waals surface area contributed by atoms with E-state index in [0.29, 0.717) is 22.8 Å². The number of hydrogen-bond donors (Lipinski definition) is 2. The quantitative estimate of drug-likeness (QED) is 0.669. The lowest BCUT2D eigenvalue weighted by atomic mass is 10.1. The monoisotopic (exact) mass is 393 g/mol. The topological polar surface area (TPSA) is 97.4 Å². The number of nitrogens with zero attached hydrogens (tertiary/aromatic N) is 1. The fourth-order valence-electron chi connectivity index (χ4n) is 2.26. The van der Waals surface area contributed by atoms with Crippen LogP contribution in [0.4, 0.5) is 18.9 Å². The number of furan rings is 1. The first-order chi connectivity index (χ1) is 13.3. The normalized spacial score (nSPS) is 11.2. The number of halogens is 3. The van der Waals surface area contributed by atoms with Crippen LogP contribution in [0.1, 0.15) is 16.1 Å². The summed E-state index contributed by atoms with van der Waals surface area (Å²) in [6.07, 6.45) is -3.20. The van der Waals surface area contributed by atoms with Gasteiger partial charge in [0.05, 0.1) is 12.7 Å². The smallest absolute Gasteiger partial charge is 0.405 e. The van der Waals surface area contributed by atoms with Crippen LogP contribution in [0, 0.1) is 0 Å². The summed E-state index contributed by atoms with van der Waals surface area (Å²) >= 11 is 0. The first-order valence-corrected chi connectivity index (χ1v) is 8.04. The Hall–Kier alpha value is -3.56. The van der Waals surface area contributed by atoms with Gasteiger partial charge in [-0.3, -0.25) is 9.59 Å². The average molecular weight is 393 g/mol. The van der Waals surface area contributed by atoms with Crippen LogP contribution in [0.15, 0.2) is 57.7 Å². The maximum absolute atomic E-state index is 12.2. The van der Waals surface area contributed by atoms with E-state index in [1.54, 1.807) is 17.4 Å². The average Bonchev–Trinajstić information content (AvgIpc) is 3.32. The van der Waals surface area contributed by atoms with Gasteiger partial charge in [0.15, 0.2) is 11.5 Å². The summed E-state index contributed by atoms with van der Waals surface area (Å²) in [6, 6.07) is 10.9. The number of hydrogen-bond acceptors (Lipinski definition) is 5. The molecule has 0 radical (unpaired) electrons. The SMILES string of the molecule is O=C(Cc1ccc(NC(=O)c2cc(-c3ccco3)on2)cc1)NCC(F)(F)F. The lowest BCUT2D eigenvalue weighted by Crippen LogP contribution is -2.34. The standard InChI is InChI=1S/C18H14F3N3O4/c19-18(20,21)10-22-16(25)8-11-3-5-12(6-4-11)23-17(26)13-9-15(28-24-13)14-2-1-7-27-14/h1-7,9H,8,10H2,(H,22,25)(H,23,26). The summed E-state index contributed by atoms with van der Waals surface area (Å²) in [6.45, 7) is -1.38. The van der Waals surface area contributed by atoms with Crippen molar-refractivity contribution < 1.29 is 31.7 Å². The molecule has 0 aliphatic rings. The summed E-state index contributed by atoms with van der Waals surface area (Å²) in [4.78, 5) is 23.7. The molecule has 0 saturated heterocycles. The minimum atomic E-state index is -4.46. The van der Waals surface area contributed by atoms with Gasteiger partial charge in [0, 0.05) is 11.8 Å². The van der Waals surface area contributed by atoms with E-state index in [1.165, 1.54) is 36.6 Å². The molecule has 146 valence electrons. The number of rotatable bonds is 6. The molecule has 2 heterocycles. The third-order valence-electron chi connectivity index (χ3n) is 3.57. The number of anilines is 1. The van der Waals surface area contributed by atoms with Crippen molar-refractivity contribution in [3.63, 3.8) is 0 Å². The van der Waals surface area contributed by atoms with E-state index in [2.05, 4.69) is 10.5 Å². The number of benzene rings is 1. The van der Waals surface area contributed by atoms with Crippen molar-refractivity contribution in [3.05, 3.63) is 60.0 Å². The van der Waals surface area contributed by atoms with E-state index in [0.717, 1.165) is 0 Å². The zero-order chi connectivity index (χ0) is 20.1. The first-order valence-electron chi connectivity index (χ1n) is 8.04. The van der Waals surface area contributed by atoms with Gasteiger partial charge in [-0.25, -0.2) is 0 Å².